The number of pyridine rings is 1. The van der Waals surface area contributed by atoms with Crippen LogP contribution in [0.1, 0.15) is 24.6 Å². The van der Waals surface area contributed by atoms with E-state index in [0.29, 0.717) is 0 Å². The fourth-order valence-corrected chi connectivity index (χ4v) is 5.50. The molecule has 4 heterocycles. The SMILES string of the molecule is CCc1nc2ccc(C3=CCN(SC)CC3)cn2c1N(C)c1nc(-c2ccc(F)cc2)cs1. The molecule has 5 rings (SSSR count). The number of hydrogen-bond donors (Lipinski definition) is 0. The molecule has 0 fully saturated rings. The van der Waals surface area contributed by atoms with Gasteiger partial charge in [0.05, 0.1) is 11.4 Å². The second-order valence-electron chi connectivity index (χ2n) is 8.01. The Morgan fingerprint density at radius 2 is 1.91 bits per heavy atom. The number of halogens is 1. The summed E-state index contributed by atoms with van der Waals surface area (Å²) in [7, 11) is 2.04. The predicted molar refractivity (Wildman–Crippen MR) is 138 cm³/mol. The number of aromatic nitrogens is 3. The number of rotatable bonds is 6. The first-order valence-electron chi connectivity index (χ1n) is 11.0. The van der Waals surface area contributed by atoms with Crippen LogP contribution < -0.4 is 4.90 Å². The lowest BCUT2D eigenvalue weighted by Gasteiger charge is -2.24. The summed E-state index contributed by atoms with van der Waals surface area (Å²) in [6, 6.07) is 10.8. The lowest BCUT2D eigenvalue weighted by molar-refractivity contribution is 0.518. The summed E-state index contributed by atoms with van der Waals surface area (Å²) in [5, 5.41) is 2.90. The van der Waals surface area contributed by atoms with Crippen LogP contribution in [0.2, 0.25) is 0 Å². The Balaban J connectivity index is 1.51. The molecule has 8 heteroatoms. The zero-order chi connectivity index (χ0) is 22.9. The van der Waals surface area contributed by atoms with Crippen LogP contribution in [0.15, 0.2) is 54.1 Å². The van der Waals surface area contributed by atoms with Gasteiger partial charge in [0, 0.05) is 37.3 Å². The minimum Gasteiger partial charge on any atom is -0.305 e. The van der Waals surface area contributed by atoms with Gasteiger partial charge in [0.2, 0.25) is 0 Å². The van der Waals surface area contributed by atoms with Gasteiger partial charge in [-0.3, -0.25) is 4.40 Å². The monoisotopic (exact) mass is 479 g/mol. The Morgan fingerprint density at radius 3 is 2.61 bits per heavy atom. The van der Waals surface area contributed by atoms with E-state index in [2.05, 4.69) is 51.2 Å². The van der Waals surface area contributed by atoms with Crippen LogP contribution in [0.25, 0.3) is 22.5 Å². The lowest BCUT2D eigenvalue weighted by Crippen LogP contribution is -2.21. The normalized spacial score (nSPS) is 14.6. The first-order valence-corrected chi connectivity index (χ1v) is 13.1. The molecule has 1 aliphatic heterocycles. The molecule has 0 aliphatic carbocycles. The molecule has 0 unspecified atom stereocenters. The summed E-state index contributed by atoms with van der Waals surface area (Å²) in [6.45, 7) is 4.16. The van der Waals surface area contributed by atoms with Crippen molar-refractivity contribution in [3.8, 4) is 11.3 Å². The molecular formula is C25H26FN5S2. The average Bonchev–Trinajstić information content (AvgIpc) is 3.49. The largest absolute Gasteiger partial charge is 0.305 e. The highest BCUT2D eigenvalue weighted by molar-refractivity contribution is 7.96. The zero-order valence-corrected chi connectivity index (χ0v) is 20.6. The maximum Gasteiger partial charge on any atom is 0.191 e. The van der Waals surface area contributed by atoms with Crippen LogP contribution in [0, 0.1) is 5.82 Å². The van der Waals surface area contributed by atoms with Gasteiger partial charge < -0.3 is 4.90 Å². The second-order valence-corrected chi connectivity index (χ2v) is 9.73. The van der Waals surface area contributed by atoms with E-state index in [9.17, 15) is 4.39 Å². The Hall–Kier alpha value is -2.68. The van der Waals surface area contributed by atoms with E-state index in [1.807, 2.05) is 12.4 Å². The van der Waals surface area contributed by atoms with Gasteiger partial charge in [0.1, 0.15) is 17.3 Å². The molecule has 0 amide bonds. The van der Waals surface area contributed by atoms with Crippen LogP contribution in [0.4, 0.5) is 15.3 Å². The smallest absolute Gasteiger partial charge is 0.191 e. The molecule has 5 nitrogen and oxygen atoms in total. The highest BCUT2D eigenvalue weighted by Gasteiger charge is 2.20. The van der Waals surface area contributed by atoms with Crippen LogP contribution in [-0.2, 0) is 6.42 Å². The van der Waals surface area contributed by atoms with E-state index < -0.39 is 0 Å². The fraction of sp³-hybridized carbons (Fsp3) is 0.280. The molecule has 0 spiro atoms. The van der Waals surface area contributed by atoms with Crippen molar-refractivity contribution in [2.24, 2.45) is 0 Å². The average molecular weight is 480 g/mol. The van der Waals surface area contributed by atoms with E-state index in [1.54, 1.807) is 35.4 Å². The van der Waals surface area contributed by atoms with Gasteiger partial charge in [0.15, 0.2) is 5.13 Å². The van der Waals surface area contributed by atoms with Crippen molar-refractivity contribution < 1.29 is 4.39 Å². The molecule has 0 saturated carbocycles. The summed E-state index contributed by atoms with van der Waals surface area (Å²) >= 11 is 3.38. The number of thiazole rings is 1. The topological polar surface area (TPSA) is 36.7 Å². The third-order valence-corrected chi connectivity index (χ3v) is 7.80. The summed E-state index contributed by atoms with van der Waals surface area (Å²) in [5.74, 6) is 0.797. The van der Waals surface area contributed by atoms with Crippen molar-refractivity contribution in [3.63, 3.8) is 0 Å². The van der Waals surface area contributed by atoms with Crippen LogP contribution in [0.5, 0.6) is 0 Å². The lowest BCUT2D eigenvalue weighted by atomic mass is 10.0. The molecule has 0 saturated heterocycles. The molecule has 1 aromatic carbocycles. The number of imidazole rings is 1. The number of nitrogens with zero attached hydrogens (tertiary/aromatic N) is 5. The number of fused-ring (bicyclic) bond motifs is 1. The van der Waals surface area contributed by atoms with Gasteiger partial charge in [-0.2, -0.15) is 0 Å². The molecule has 3 aromatic heterocycles. The van der Waals surface area contributed by atoms with Gasteiger partial charge in [-0.25, -0.2) is 18.7 Å². The maximum absolute atomic E-state index is 13.3. The van der Waals surface area contributed by atoms with Gasteiger partial charge in [-0.15, -0.1) is 11.3 Å². The molecule has 0 bridgehead atoms. The van der Waals surface area contributed by atoms with Crippen molar-refractivity contribution in [2.75, 3.05) is 31.3 Å². The third-order valence-electron chi connectivity index (χ3n) is 6.04. The summed E-state index contributed by atoms with van der Waals surface area (Å²) < 4.78 is 17.9. The second kappa shape index (κ2) is 9.29. The van der Waals surface area contributed by atoms with Gasteiger partial charge in [0.25, 0.3) is 0 Å². The zero-order valence-electron chi connectivity index (χ0n) is 19.0. The number of benzene rings is 1. The summed E-state index contributed by atoms with van der Waals surface area (Å²) in [5.41, 5.74) is 6.36. The minimum atomic E-state index is -0.241. The molecule has 4 aromatic rings. The Morgan fingerprint density at radius 1 is 1.12 bits per heavy atom. The van der Waals surface area contributed by atoms with E-state index in [-0.39, 0.29) is 5.82 Å². The predicted octanol–water partition coefficient (Wildman–Crippen LogP) is 6.29. The molecule has 1 aliphatic rings. The van der Waals surface area contributed by atoms with E-state index >= 15 is 0 Å². The Labute approximate surface area is 201 Å². The van der Waals surface area contributed by atoms with E-state index in [0.717, 1.165) is 59.5 Å². The first kappa shape index (κ1) is 22.1. The van der Waals surface area contributed by atoms with Gasteiger partial charge in [-0.1, -0.05) is 24.9 Å². The quantitative estimate of drug-likeness (QED) is 0.304. The summed E-state index contributed by atoms with van der Waals surface area (Å²) in [4.78, 5) is 11.8. The molecule has 0 radical (unpaired) electrons. The number of anilines is 2. The van der Waals surface area contributed by atoms with Crippen molar-refractivity contribution in [1.29, 1.82) is 0 Å². The van der Waals surface area contributed by atoms with Gasteiger partial charge in [-0.05, 0) is 66.6 Å². The van der Waals surface area contributed by atoms with Crippen molar-refractivity contribution in [1.82, 2.24) is 18.7 Å². The number of hydrogen-bond acceptors (Lipinski definition) is 6. The van der Waals surface area contributed by atoms with Crippen molar-refractivity contribution in [2.45, 2.75) is 19.8 Å². The fourth-order valence-electron chi connectivity index (χ4n) is 4.20. The molecule has 0 atom stereocenters. The Kier molecular flexibility index (Phi) is 6.23. The molecular weight excluding hydrogens is 453 g/mol. The Bertz CT molecular complexity index is 1310. The van der Waals surface area contributed by atoms with Crippen LogP contribution in [0.3, 0.4) is 0 Å². The van der Waals surface area contributed by atoms with Crippen molar-refractivity contribution >= 4 is 45.5 Å². The van der Waals surface area contributed by atoms with Crippen LogP contribution >= 0.6 is 23.3 Å². The molecule has 170 valence electrons. The highest BCUT2D eigenvalue weighted by atomic mass is 32.2. The van der Waals surface area contributed by atoms with E-state index in [1.165, 1.54) is 23.3 Å². The molecule has 33 heavy (non-hydrogen) atoms. The number of aryl methyl sites for hydroxylation is 1. The minimum absolute atomic E-state index is 0.241. The highest BCUT2D eigenvalue weighted by Crippen LogP contribution is 2.34. The standard InChI is InChI=1S/C25H26FN5S2/c1-4-21-24(29(2)25-28-22(16-33-25)18-5-8-20(26)9-6-18)31-15-19(7-10-23(31)27-21)17-11-13-30(32-3)14-12-17/h5-11,15-16H,4,12-14H2,1-3H3. The third kappa shape index (κ3) is 4.30. The van der Waals surface area contributed by atoms with E-state index in [4.69, 9.17) is 9.97 Å². The van der Waals surface area contributed by atoms with Gasteiger partial charge >= 0.3 is 0 Å². The first-order chi connectivity index (χ1) is 16.1. The van der Waals surface area contributed by atoms with Crippen LogP contribution in [-0.4, -0.2) is 45.1 Å². The molecule has 0 N–H and O–H groups in total. The maximum atomic E-state index is 13.3. The summed E-state index contributed by atoms with van der Waals surface area (Å²) in [6.07, 6.45) is 8.55. The van der Waals surface area contributed by atoms with Crippen molar-refractivity contribution in [3.05, 3.63) is 71.1 Å².